The van der Waals surface area contributed by atoms with Gasteiger partial charge < -0.3 is 49.0 Å². The Balaban J connectivity index is 0.000000206. The molecule has 0 aliphatic rings. The van der Waals surface area contributed by atoms with E-state index < -0.39 is 5.82 Å². The van der Waals surface area contributed by atoms with Crippen LogP contribution in [0.1, 0.15) is 191 Å². The number of nitrogens with zero attached hydrogens (tertiary/aromatic N) is 12. The van der Waals surface area contributed by atoms with E-state index in [0.717, 1.165) is 134 Å². The van der Waals surface area contributed by atoms with Crippen molar-refractivity contribution < 1.29 is 9.18 Å². The Hall–Kier alpha value is -8.04. The SMILES string of the molecule is CCCC[C@@](C)(CC)Nc1nc(N)nc2cc(F)cnc12.CCCC[C@@](C)(CC)Nc1nc(N)nc2cccnc12.CCCC[C@@](C)(CCC(C)=O)Nc1nc(N)nc2c(C)ccnc12.CCC[C@](C)(CC)Nc1nc(N)nc2cccnc12. The first-order valence-electron chi connectivity index (χ1n) is 29.8. The molecule has 8 heterocycles. The van der Waals surface area contributed by atoms with Gasteiger partial charge in [-0.05, 0) is 129 Å². The Morgan fingerprint density at radius 2 is 0.857 bits per heavy atom. The number of carbonyl (C=O) groups is 1. The normalized spacial score (nSPS) is 14.0. The van der Waals surface area contributed by atoms with Crippen LogP contribution in [-0.4, -0.2) is 87.7 Å². The number of rotatable bonds is 25. The Morgan fingerprint density at radius 3 is 1.30 bits per heavy atom. The van der Waals surface area contributed by atoms with Crippen molar-refractivity contribution in [3.05, 3.63) is 72.6 Å². The van der Waals surface area contributed by atoms with Crippen molar-refractivity contribution in [3.8, 4) is 0 Å². The topological polar surface area (TPSA) is 324 Å². The number of ketones is 1. The molecule has 0 amide bonds. The van der Waals surface area contributed by atoms with Crippen LogP contribution in [0.4, 0.5) is 51.5 Å². The molecule has 0 spiro atoms. The second kappa shape index (κ2) is 31.0. The zero-order chi connectivity index (χ0) is 61.7. The summed E-state index contributed by atoms with van der Waals surface area (Å²) >= 11 is 0. The van der Waals surface area contributed by atoms with Crippen LogP contribution in [0.3, 0.4) is 0 Å². The third-order valence-corrected chi connectivity index (χ3v) is 15.4. The van der Waals surface area contributed by atoms with E-state index in [1.807, 2.05) is 37.3 Å². The minimum Gasteiger partial charge on any atom is -0.368 e. The van der Waals surface area contributed by atoms with Gasteiger partial charge in [-0.1, -0.05) is 93.4 Å². The number of Topliss-reactive ketones (excluding diaryl/α,β-unsaturated/α-hetero) is 1. The number of hydrogen-bond donors (Lipinski definition) is 8. The van der Waals surface area contributed by atoms with Crippen LogP contribution in [0, 0.1) is 12.7 Å². The van der Waals surface area contributed by atoms with Gasteiger partial charge >= 0.3 is 0 Å². The van der Waals surface area contributed by atoms with Crippen LogP contribution >= 0.6 is 0 Å². The number of halogens is 1. The van der Waals surface area contributed by atoms with E-state index in [4.69, 9.17) is 22.9 Å². The molecular formula is C62H93FN20O. The first-order chi connectivity index (χ1) is 40.0. The number of hydrogen-bond acceptors (Lipinski definition) is 21. The summed E-state index contributed by atoms with van der Waals surface area (Å²) in [6, 6.07) is 10.7. The molecule has 0 saturated heterocycles. The molecule has 0 aliphatic heterocycles. The summed E-state index contributed by atoms with van der Waals surface area (Å²) in [7, 11) is 0. The summed E-state index contributed by atoms with van der Waals surface area (Å²) in [5, 5.41) is 14.0. The minimum atomic E-state index is -0.434. The van der Waals surface area contributed by atoms with Gasteiger partial charge in [0.1, 0.15) is 33.7 Å². The Bertz CT molecular complexity index is 3400. The fraction of sp³-hybridized carbons (Fsp3) is 0.532. The highest BCUT2D eigenvalue weighted by Gasteiger charge is 2.28. The molecular weight excluding hydrogens is 1060 g/mol. The molecule has 454 valence electrons. The molecule has 0 radical (unpaired) electrons. The molecule has 0 aliphatic carbocycles. The number of fused-ring (bicyclic) bond motifs is 4. The van der Waals surface area contributed by atoms with E-state index in [9.17, 15) is 9.18 Å². The molecule has 0 saturated carbocycles. The van der Waals surface area contributed by atoms with Gasteiger partial charge in [0.05, 0.1) is 28.3 Å². The number of pyridine rings is 4. The second-order valence-electron chi connectivity index (χ2n) is 22.9. The zero-order valence-electron chi connectivity index (χ0n) is 52.0. The molecule has 8 rings (SSSR count). The predicted octanol–water partition coefficient (Wildman–Crippen LogP) is 13.5. The average molecular weight is 1150 g/mol. The third-order valence-electron chi connectivity index (χ3n) is 15.4. The number of unbranched alkanes of at least 4 members (excludes halogenated alkanes) is 3. The van der Waals surface area contributed by atoms with Crippen molar-refractivity contribution >= 4 is 97.0 Å². The Morgan fingerprint density at radius 1 is 0.464 bits per heavy atom. The van der Waals surface area contributed by atoms with Crippen molar-refractivity contribution in [2.24, 2.45) is 0 Å². The van der Waals surface area contributed by atoms with Crippen molar-refractivity contribution in [3.63, 3.8) is 0 Å². The summed E-state index contributed by atoms with van der Waals surface area (Å²) in [6.07, 6.45) is 22.7. The maximum atomic E-state index is 13.3. The predicted molar refractivity (Wildman–Crippen MR) is 344 cm³/mol. The van der Waals surface area contributed by atoms with Crippen molar-refractivity contribution in [1.82, 2.24) is 59.8 Å². The minimum absolute atomic E-state index is 0.00000520. The summed E-state index contributed by atoms with van der Waals surface area (Å²) in [4.78, 5) is 62.7. The number of nitrogens with one attached hydrogen (secondary N) is 4. The molecule has 0 aromatic carbocycles. The van der Waals surface area contributed by atoms with Gasteiger partial charge in [0.2, 0.25) is 23.8 Å². The number of nitrogen functional groups attached to an aromatic ring is 4. The maximum Gasteiger partial charge on any atom is 0.222 e. The van der Waals surface area contributed by atoms with E-state index in [0.29, 0.717) is 29.1 Å². The highest BCUT2D eigenvalue weighted by Crippen LogP contribution is 2.32. The number of anilines is 8. The maximum absolute atomic E-state index is 13.3. The van der Waals surface area contributed by atoms with Gasteiger partial charge in [-0.15, -0.1) is 0 Å². The monoisotopic (exact) mass is 1150 g/mol. The highest BCUT2D eigenvalue weighted by molar-refractivity contribution is 5.89. The quantitative estimate of drug-likeness (QED) is 0.0263. The number of carbonyl (C=O) groups excluding carboxylic acids is 1. The van der Waals surface area contributed by atoms with Crippen LogP contribution in [0.2, 0.25) is 0 Å². The van der Waals surface area contributed by atoms with Gasteiger partial charge in [-0.25, -0.2) is 29.3 Å². The molecule has 12 N–H and O–H groups in total. The fourth-order valence-corrected chi connectivity index (χ4v) is 9.58. The first-order valence-corrected chi connectivity index (χ1v) is 29.8. The van der Waals surface area contributed by atoms with Crippen LogP contribution in [0.25, 0.3) is 44.1 Å². The van der Waals surface area contributed by atoms with E-state index >= 15 is 0 Å². The molecule has 0 fully saturated rings. The smallest absolute Gasteiger partial charge is 0.222 e. The van der Waals surface area contributed by atoms with Gasteiger partial charge in [0, 0.05) is 53.2 Å². The Kier molecular flexibility index (Phi) is 24.7. The van der Waals surface area contributed by atoms with E-state index in [1.165, 1.54) is 25.1 Å². The number of nitrogens with two attached hydrogens (primary N) is 4. The standard InChI is InChI=1S/C18H27N5O.C15H22FN5.C15H23N5.C14H21N5/c1-5-6-9-18(4,10-7-13(3)24)23-16-15-14(21-17(19)22-16)12(2)8-11-20-15;1-4-6-7-15(3,5-2)21-13-12-11(19-14(17)20-13)8-10(16)9-18-12;1-4-6-9-15(3,5-2)20-13-12-11(8-7-10-17-12)18-14(16)19-13;1-4-8-14(3,5-2)19-12-11-10(7-6-9-16-11)17-13(15)18-12/h8,11H,5-7,9-10H2,1-4H3,(H3,19,21,22,23);8-9H,4-7H2,1-3H3,(H3,17,19,20,21);7-8,10H,4-6,9H2,1-3H3,(H3,16,18,19,20);6-7,9H,4-5,8H2,1-3H3,(H3,15,17,18,19)/t18-;2*15-;14-/m0110/s1. The van der Waals surface area contributed by atoms with Crippen LogP contribution in [-0.2, 0) is 4.79 Å². The molecule has 8 aromatic rings. The van der Waals surface area contributed by atoms with E-state index in [-0.39, 0.29) is 51.7 Å². The molecule has 84 heavy (non-hydrogen) atoms. The molecule has 0 unspecified atom stereocenters. The first kappa shape index (κ1) is 66.8. The molecule has 21 nitrogen and oxygen atoms in total. The van der Waals surface area contributed by atoms with Gasteiger partial charge in [0.15, 0.2) is 23.3 Å². The molecule has 4 atom stereocenters. The fourth-order valence-electron chi connectivity index (χ4n) is 9.58. The lowest BCUT2D eigenvalue weighted by molar-refractivity contribution is -0.117. The zero-order valence-corrected chi connectivity index (χ0v) is 52.0. The summed E-state index contributed by atoms with van der Waals surface area (Å²) in [6.45, 7) is 27.5. The summed E-state index contributed by atoms with van der Waals surface area (Å²) in [5.74, 6) is 3.32. The van der Waals surface area contributed by atoms with Crippen LogP contribution in [0.15, 0.2) is 61.2 Å². The van der Waals surface area contributed by atoms with Gasteiger partial charge in [-0.2, -0.15) is 19.9 Å². The Labute approximate surface area is 495 Å². The number of aromatic nitrogens is 12. The molecule has 22 heteroatoms. The lowest BCUT2D eigenvalue weighted by Gasteiger charge is -2.31. The lowest BCUT2D eigenvalue weighted by atomic mass is 9.89. The number of aryl methyl sites for hydroxylation is 1. The van der Waals surface area contributed by atoms with Crippen molar-refractivity contribution in [2.45, 2.75) is 215 Å². The van der Waals surface area contributed by atoms with Gasteiger partial charge in [-0.3, -0.25) is 15.0 Å². The van der Waals surface area contributed by atoms with Crippen molar-refractivity contribution in [1.29, 1.82) is 0 Å². The summed E-state index contributed by atoms with van der Waals surface area (Å²) in [5.41, 5.74) is 29.4. The van der Waals surface area contributed by atoms with E-state index in [1.54, 1.807) is 25.5 Å². The molecule has 8 aromatic heterocycles. The highest BCUT2D eigenvalue weighted by atomic mass is 19.1. The van der Waals surface area contributed by atoms with Crippen molar-refractivity contribution in [2.75, 3.05) is 44.2 Å². The summed E-state index contributed by atoms with van der Waals surface area (Å²) < 4.78 is 13.3. The largest absolute Gasteiger partial charge is 0.368 e. The van der Waals surface area contributed by atoms with Gasteiger partial charge in [0.25, 0.3) is 0 Å². The lowest BCUT2D eigenvalue weighted by Crippen LogP contribution is -2.36. The van der Waals surface area contributed by atoms with Crippen LogP contribution < -0.4 is 44.2 Å². The second-order valence-corrected chi connectivity index (χ2v) is 22.9. The third kappa shape index (κ3) is 19.3. The van der Waals surface area contributed by atoms with E-state index in [2.05, 4.69) is 157 Å². The average Bonchev–Trinajstić information content (AvgIpc) is 2.09. The molecule has 0 bridgehead atoms. The van der Waals surface area contributed by atoms with Crippen LogP contribution in [0.5, 0.6) is 0 Å².